The summed E-state index contributed by atoms with van der Waals surface area (Å²) in [6.07, 6.45) is 2.65. The van der Waals surface area contributed by atoms with Crippen molar-refractivity contribution in [3.63, 3.8) is 0 Å². The number of aromatic carboxylic acids is 1. The van der Waals surface area contributed by atoms with Gasteiger partial charge in [-0.1, -0.05) is 0 Å². The van der Waals surface area contributed by atoms with Gasteiger partial charge in [-0.05, 0) is 25.5 Å². The monoisotopic (exact) mass is 236 g/mol. The van der Waals surface area contributed by atoms with E-state index in [1.165, 1.54) is 6.20 Å². The van der Waals surface area contributed by atoms with Gasteiger partial charge < -0.3 is 14.7 Å². The Hall–Kier alpha value is -1.62. The van der Waals surface area contributed by atoms with Crippen molar-refractivity contribution < 1.29 is 14.6 Å². The Balaban J connectivity index is 2.21. The number of pyridine rings is 1. The van der Waals surface area contributed by atoms with Crippen LogP contribution in [0.1, 0.15) is 23.8 Å². The Labute approximate surface area is 100 Å². The summed E-state index contributed by atoms with van der Waals surface area (Å²) in [6.45, 7) is 2.79. The highest BCUT2D eigenvalue weighted by Crippen LogP contribution is 2.24. The van der Waals surface area contributed by atoms with Crippen LogP contribution < -0.4 is 4.90 Å². The van der Waals surface area contributed by atoms with Crippen molar-refractivity contribution in [1.82, 2.24) is 4.98 Å². The summed E-state index contributed by atoms with van der Waals surface area (Å²) < 4.78 is 5.51. The van der Waals surface area contributed by atoms with Gasteiger partial charge in [0.2, 0.25) is 0 Å². The maximum Gasteiger partial charge on any atom is 0.354 e. The summed E-state index contributed by atoms with van der Waals surface area (Å²) in [5, 5.41) is 8.90. The molecule has 1 aliphatic rings. The standard InChI is InChI=1S/C12H16N2O3/c1-8-11(4-6-17-8)14(2)9-3-5-13-10(7-9)12(15)16/h3,5,7-8,11H,4,6H2,1-2H3,(H,15,16). The predicted molar refractivity (Wildman–Crippen MR) is 63.4 cm³/mol. The van der Waals surface area contributed by atoms with Crippen molar-refractivity contribution in [2.24, 2.45) is 0 Å². The molecule has 1 N–H and O–H groups in total. The fourth-order valence-corrected chi connectivity index (χ4v) is 2.18. The quantitative estimate of drug-likeness (QED) is 0.859. The van der Waals surface area contributed by atoms with Gasteiger partial charge in [-0.25, -0.2) is 9.78 Å². The van der Waals surface area contributed by atoms with E-state index in [0.717, 1.165) is 18.7 Å². The lowest BCUT2D eigenvalue weighted by Crippen LogP contribution is -2.36. The summed E-state index contributed by atoms with van der Waals surface area (Å²) in [7, 11) is 1.96. The van der Waals surface area contributed by atoms with E-state index in [9.17, 15) is 4.79 Å². The number of aromatic nitrogens is 1. The lowest BCUT2D eigenvalue weighted by atomic mass is 10.1. The highest BCUT2D eigenvalue weighted by atomic mass is 16.5. The van der Waals surface area contributed by atoms with Crippen LogP contribution in [0.2, 0.25) is 0 Å². The molecule has 1 fully saturated rings. The van der Waals surface area contributed by atoms with Gasteiger partial charge in [0.15, 0.2) is 0 Å². The normalized spacial score (nSPS) is 23.6. The van der Waals surface area contributed by atoms with Crippen LogP contribution in [0.4, 0.5) is 5.69 Å². The number of carbonyl (C=O) groups is 1. The lowest BCUT2D eigenvalue weighted by Gasteiger charge is -2.28. The van der Waals surface area contributed by atoms with E-state index in [1.807, 2.05) is 20.0 Å². The smallest absolute Gasteiger partial charge is 0.354 e. The molecule has 2 heterocycles. The number of ether oxygens (including phenoxy) is 1. The van der Waals surface area contributed by atoms with Crippen LogP contribution in [0.15, 0.2) is 18.3 Å². The van der Waals surface area contributed by atoms with Gasteiger partial charge in [-0.2, -0.15) is 0 Å². The van der Waals surface area contributed by atoms with Crippen LogP contribution in [0, 0.1) is 0 Å². The third kappa shape index (κ3) is 2.39. The second-order valence-electron chi connectivity index (χ2n) is 4.25. The summed E-state index contributed by atoms with van der Waals surface area (Å²) in [5.41, 5.74) is 0.931. The molecule has 1 aromatic heterocycles. The van der Waals surface area contributed by atoms with Crippen molar-refractivity contribution in [1.29, 1.82) is 0 Å². The minimum atomic E-state index is -1.00. The molecule has 0 amide bonds. The first kappa shape index (κ1) is 11.9. The van der Waals surface area contributed by atoms with E-state index < -0.39 is 5.97 Å². The van der Waals surface area contributed by atoms with E-state index in [1.54, 1.807) is 6.07 Å². The fraction of sp³-hybridized carbons (Fsp3) is 0.500. The molecule has 0 saturated carbocycles. The van der Waals surface area contributed by atoms with E-state index in [-0.39, 0.29) is 11.8 Å². The first-order valence-electron chi connectivity index (χ1n) is 5.63. The molecule has 0 aliphatic carbocycles. The maximum atomic E-state index is 10.9. The van der Waals surface area contributed by atoms with E-state index in [4.69, 9.17) is 9.84 Å². The van der Waals surface area contributed by atoms with Gasteiger partial charge >= 0.3 is 5.97 Å². The van der Waals surface area contributed by atoms with Crippen molar-refractivity contribution in [3.05, 3.63) is 24.0 Å². The second kappa shape index (κ2) is 4.71. The first-order chi connectivity index (χ1) is 8.09. The van der Waals surface area contributed by atoms with Crippen LogP contribution in [0.25, 0.3) is 0 Å². The molecule has 17 heavy (non-hydrogen) atoms. The minimum absolute atomic E-state index is 0.0703. The van der Waals surface area contributed by atoms with Gasteiger partial charge in [0.05, 0.1) is 12.1 Å². The van der Waals surface area contributed by atoms with E-state index in [2.05, 4.69) is 9.88 Å². The van der Waals surface area contributed by atoms with Crippen molar-refractivity contribution in [2.75, 3.05) is 18.6 Å². The molecular weight excluding hydrogens is 220 g/mol. The summed E-state index contributed by atoms with van der Waals surface area (Å²) in [5.74, 6) is -1.00. The zero-order chi connectivity index (χ0) is 12.4. The molecule has 2 unspecified atom stereocenters. The predicted octanol–water partition coefficient (Wildman–Crippen LogP) is 1.39. The van der Waals surface area contributed by atoms with Gasteiger partial charge in [0.1, 0.15) is 5.69 Å². The Morgan fingerprint density at radius 3 is 3.00 bits per heavy atom. The molecule has 0 spiro atoms. The van der Waals surface area contributed by atoms with E-state index in [0.29, 0.717) is 6.04 Å². The molecule has 5 nitrogen and oxygen atoms in total. The molecule has 1 saturated heterocycles. The van der Waals surface area contributed by atoms with Crippen LogP contribution in [0.5, 0.6) is 0 Å². The second-order valence-corrected chi connectivity index (χ2v) is 4.25. The first-order valence-corrected chi connectivity index (χ1v) is 5.63. The Morgan fingerprint density at radius 2 is 2.41 bits per heavy atom. The average Bonchev–Trinajstić information content (AvgIpc) is 2.74. The number of likely N-dealkylation sites (N-methyl/N-ethyl adjacent to an activating group) is 1. The van der Waals surface area contributed by atoms with Crippen LogP contribution >= 0.6 is 0 Å². The van der Waals surface area contributed by atoms with Crippen molar-refractivity contribution in [3.8, 4) is 0 Å². The molecule has 1 aromatic rings. The number of hydrogen-bond acceptors (Lipinski definition) is 4. The SMILES string of the molecule is CC1OCCC1N(C)c1ccnc(C(=O)O)c1. The summed E-state index contributed by atoms with van der Waals surface area (Å²) in [6, 6.07) is 3.70. The zero-order valence-electron chi connectivity index (χ0n) is 9.96. The highest BCUT2D eigenvalue weighted by Gasteiger charge is 2.28. The third-order valence-corrected chi connectivity index (χ3v) is 3.20. The van der Waals surface area contributed by atoms with Gasteiger partial charge in [0.25, 0.3) is 0 Å². The number of hydrogen-bond donors (Lipinski definition) is 1. The molecule has 2 rings (SSSR count). The topological polar surface area (TPSA) is 62.7 Å². The molecular formula is C12H16N2O3. The van der Waals surface area contributed by atoms with Crippen LogP contribution in [-0.4, -0.2) is 41.9 Å². The average molecular weight is 236 g/mol. The maximum absolute atomic E-state index is 10.9. The van der Waals surface area contributed by atoms with Crippen LogP contribution in [-0.2, 0) is 4.74 Å². The number of carboxylic acids is 1. The molecule has 92 valence electrons. The molecule has 0 bridgehead atoms. The number of carboxylic acid groups (broad SMARTS) is 1. The van der Waals surface area contributed by atoms with Crippen molar-refractivity contribution >= 4 is 11.7 Å². The Morgan fingerprint density at radius 1 is 1.65 bits per heavy atom. The number of rotatable bonds is 3. The van der Waals surface area contributed by atoms with E-state index >= 15 is 0 Å². The summed E-state index contributed by atoms with van der Waals surface area (Å²) >= 11 is 0. The minimum Gasteiger partial charge on any atom is -0.477 e. The van der Waals surface area contributed by atoms with Crippen LogP contribution in [0.3, 0.4) is 0 Å². The fourth-order valence-electron chi connectivity index (χ4n) is 2.18. The zero-order valence-corrected chi connectivity index (χ0v) is 9.96. The molecule has 1 aliphatic heterocycles. The Kier molecular flexibility index (Phi) is 3.28. The van der Waals surface area contributed by atoms with Gasteiger partial charge in [0, 0.05) is 25.5 Å². The number of nitrogens with zero attached hydrogens (tertiary/aromatic N) is 2. The summed E-state index contributed by atoms with van der Waals surface area (Å²) in [4.78, 5) is 16.7. The highest BCUT2D eigenvalue weighted by molar-refractivity contribution is 5.86. The molecule has 0 aromatic carbocycles. The largest absolute Gasteiger partial charge is 0.477 e. The lowest BCUT2D eigenvalue weighted by molar-refractivity contribution is 0.0690. The third-order valence-electron chi connectivity index (χ3n) is 3.20. The molecule has 0 radical (unpaired) electrons. The Bertz CT molecular complexity index is 422. The van der Waals surface area contributed by atoms with Gasteiger partial charge in [-0.3, -0.25) is 0 Å². The van der Waals surface area contributed by atoms with Gasteiger partial charge in [-0.15, -0.1) is 0 Å². The van der Waals surface area contributed by atoms with Crippen molar-refractivity contribution in [2.45, 2.75) is 25.5 Å². The molecule has 5 heteroatoms. The number of anilines is 1. The molecule has 2 atom stereocenters.